The smallest absolute Gasteiger partial charge is 0.264 e. The molecular weight excluding hydrogens is 501 g/mol. The Balaban J connectivity index is 1.70. The number of aromatic nitrogens is 2. The number of hydrogen-bond acceptors (Lipinski definition) is 6. The van der Waals surface area contributed by atoms with Gasteiger partial charge in [-0.1, -0.05) is 48.5 Å². The van der Waals surface area contributed by atoms with Gasteiger partial charge in [0, 0.05) is 13.7 Å². The maximum absolute atomic E-state index is 13.4. The summed E-state index contributed by atoms with van der Waals surface area (Å²) in [5, 5.41) is 1.74. The number of carbonyl (C=O) groups excluding carboxylic acids is 1. The van der Waals surface area contributed by atoms with E-state index in [0.717, 1.165) is 5.56 Å². The molecule has 0 N–H and O–H groups in total. The lowest BCUT2D eigenvalue weighted by atomic mass is 10.2. The molecule has 2 aromatic carbocycles. The monoisotopic (exact) mass is 527 g/mol. The van der Waals surface area contributed by atoms with Gasteiger partial charge in [0.05, 0.1) is 42.2 Å². The molecule has 36 heavy (non-hydrogen) atoms. The Hall–Kier alpha value is -3.34. The molecule has 1 amide bonds. The number of amides is 1. The van der Waals surface area contributed by atoms with Gasteiger partial charge >= 0.3 is 0 Å². The Morgan fingerprint density at radius 3 is 2.47 bits per heavy atom. The summed E-state index contributed by atoms with van der Waals surface area (Å²) in [7, 11) is -2.31. The Bertz CT molecular complexity index is 1390. The minimum Gasteiger partial charge on any atom is -0.383 e. The van der Waals surface area contributed by atoms with Gasteiger partial charge in [-0.2, -0.15) is 0 Å². The van der Waals surface area contributed by atoms with Crippen LogP contribution in [0, 0.1) is 5.82 Å². The molecule has 0 aliphatic heterocycles. The molecular formula is C26H26FN3O4S2. The van der Waals surface area contributed by atoms with Crippen molar-refractivity contribution in [1.82, 2.24) is 14.5 Å². The van der Waals surface area contributed by atoms with Gasteiger partial charge in [0.1, 0.15) is 5.82 Å². The van der Waals surface area contributed by atoms with Crippen LogP contribution in [0.25, 0.3) is 0 Å². The van der Waals surface area contributed by atoms with Crippen molar-refractivity contribution in [3.05, 3.63) is 106 Å². The van der Waals surface area contributed by atoms with Crippen LogP contribution in [0.4, 0.5) is 4.39 Å². The number of sulfone groups is 1. The summed E-state index contributed by atoms with van der Waals surface area (Å²) in [5.74, 6) is -0.916. The largest absolute Gasteiger partial charge is 0.383 e. The molecule has 188 valence electrons. The van der Waals surface area contributed by atoms with Crippen LogP contribution in [0.1, 0.15) is 26.5 Å². The maximum Gasteiger partial charge on any atom is 0.264 e. The Kier molecular flexibility index (Phi) is 8.29. The van der Waals surface area contributed by atoms with Gasteiger partial charge < -0.3 is 14.2 Å². The SMILES string of the molecule is COCCN(Cc1cnc(S(=O)(=O)Cc2ccc(F)cc2)n1Cc1ccccc1)C(=O)c1cccs1. The second-order valence-electron chi connectivity index (χ2n) is 8.19. The molecule has 0 fully saturated rings. The molecule has 0 aliphatic carbocycles. The predicted octanol–water partition coefficient (Wildman–Crippen LogP) is 4.39. The number of rotatable bonds is 11. The number of thiophene rings is 1. The number of methoxy groups -OCH3 is 1. The number of hydrogen-bond donors (Lipinski definition) is 0. The van der Waals surface area contributed by atoms with Crippen LogP contribution in [0.2, 0.25) is 0 Å². The molecule has 2 aromatic heterocycles. The van der Waals surface area contributed by atoms with Crippen molar-refractivity contribution in [1.29, 1.82) is 0 Å². The van der Waals surface area contributed by atoms with E-state index in [9.17, 15) is 17.6 Å². The molecule has 0 saturated carbocycles. The summed E-state index contributed by atoms with van der Waals surface area (Å²) < 4.78 is 47.0. The zero-order chi connectivity index (χ0) is 25.5. The van der Waals surface area contributed by atoms with Crippen LogP contribution in [0.15, 0.2) is 83.5 Å². The zero-order valence-electron chi connectivity index (χ0n) is 19.7. The molecule has 7 nitrogen and oxygen atoms in total. The number of benzene rings is 2. The highest BCUT2D eigenvalue weighted by Gasteiger charge is 2.26. The summed E-state index contributed by atoms with van der Waals surface area (Å²) in [5.41, 5.74) is 1.93. The second-order valence-corrected chi connectivity index (χ2v) is 11.0. The third-order valence-electron chi connectivity index (χ3n) is 5.57. The van der Waals surface area contributed by atoms with E-state index < -0.39 is 15.7 Å². The van der Waals surface area contributed by atoms with Crippen molar-refractivity contribution in [2.45, 2.75) is 24.0 Å². The molecule has 2 heterocycles. The Morgan fingerprint density at radius 2 is 1.81 bits per heavy atom. The lowest BCUT2D eigenvalue weighted by molar-refractivity contribution is 0.0680. The average molecular weight is 528 g/mol. The lowest BCUT2D eigenvalue weighted by Crippen LogP contribution is -2.34. The van der Waals surface area contributed by atoms with Gasteiger partial charge in [0.15, 0.2) is 0 Å². The van der Waals surface area contributed by atoms with Crippen molar-refractivity contribution in [2.24, 2.45) is 0 Å². The first-order chi connectivity index (χ1) is 17.4. The number of halogens is 1. The number of carbonyl (C=O) groups is 1. The van der Waals surface area contributed by atoms with Crippen LogP contribution >= 0.6 is 11.3 Å². The zero-order valence-corrected chi connectivity index (χ0v) is 21.3. The van der Waals surface area contributed by atoms with Crippen LogP contribution in [-0.4, -0.2) is 49.0 Å². The quantitative estimate of drug-likeness (QED) is 0.289. The summed E-state index contributed by atoms with van der Waals surface area (Å²) in [6.07, 6.45) is 1.50. The Morgan fingerprint density at radius 1 is 1.06 bits per heavy atom. The summed E-state index contributed by atoms with van der Waals surface area (Å²) in [6, 6.07) is 18.4. The highest BCUT2D eigenvalue weighted by atomic mass is 32.2. The third kappa shape index (κ3) is 6.26. The molecule has 10 heteroatoms. The van der Waals surface area contributed by atoms with Crippen molar-refractivity contribution in [3.8, 4) is 0 Å². The van der Waals surface area contributed by atoms with Crippen LogP contribution in [0.5, 0.6) is 0 Å². The minimum absolute atomic E-state index is 0.0963. The fourth-order valence-electron chi connectivity index (χ4n) is 3.77. The normalized spacial score (nSPS) is 11.5. The fourth-order valence-corrected chi connectivity index (χ4v) is 5.95. The van der Waals surface area contributed by atoms with Crippen molar-refractivity contribution < 1.29 is 22.3 Å². The predicted molar refractivity (Wildman–Crippen MR) is 136 cm³/mol. The lowest BCUT2D eigenvalue weighted by Gasteiger charge is -2.23. The van der Waals surface area contributed by atoms with Crippen molar-refractivity contribution in [3.63, 3.8) is 0 Å². The van der Waals surface area contributed by atoms with Gasteiger partial charge in [-0.25, -0.2) is 17.8 Å². The van der Waals surface area contributed by atoms with E-state index in [0.29, 0.717) is 29.3 Å². The maximum atomic E-state index is 13.4. The van der Waals surface area contributed by atoms with Crippen molar-refractivity contribution in [2.75, 3.05) is 20.3 Å². The van der Waals surface area contributed by atoms with Crippen LogP contribution < -0.4 is 0 Å². The van der Waals surface area contributed by atoms with E-state index in [1.165, 1.54) is 41.8 Å². The average Bonchev–Trinajstić information content (AvgIpc) is 3.54. The highest BCUT2D eigenvalue weighted by Crippen LogP contribution is 2.22. The summed E-state index contributed by atoms with van der Waals surface area (Å²) in [6.45, 7) is 1.09. The van der Waals surface area contributed by atoms with E-state index >= 15 is 0 Å². The first-order valence-corrected chi connectivity index (χ1v) is 13.8. The molecule has 0 bridgehead atoms. The first kappa shape index (κ1) is 25.7. The molecule has 0 saturated heterocycles. The molecule has 0 atom stereocenters. The van der Waals surface area contributed by atoms with Gasteiger partial charge in [0.2, 0.25) is 15.0 Å². The molecule has 0 aliphatic rings. The number of ether oxygens (including phenoxy) is 1. The van der Waals surface area contributed by atoms with E-state index in [2.05, 4.69) is 4.98 Å². The summed E-state index contributed by atoms with van der Waals surface area (Å²) >= 11 is 1.34. The van der Waals surface area contributed by atoms with Gasteiger partial charge in [0.25, 0.3) is 5.91 Å². The molecule has 4 rings (SSSR count). The molecule has 0 radical (unpaired) electrons. The topological polar surface area (TPSA) is 81.5 Å². The van der Waals surface area contributed by atoms with Gasteiger partial charge in [-0.15, -0.1) is 11.3 Å². The standard InChI is InChI=1S/C26H26FN3O4S2/c1-34-14-13-29(25(31)24-8-5-15-35-24)18-23-16-28-26(30(23)17-20-6-3-2-4-7-20)36(32,33)19-21-9-11-22(27)12-10-21/h2-12,15-16H,13-14,17-19H2,1H3. The van der Waals surface area contributed by atoms with E-state index in [1.54, 1.807) is 22.6 Å². The fraction of sp³-hybridized carbons (Fsp3) is 0.231. The van der Waals surface area contributed by atoms with E-state index in [-0.39, 0.29) is 29.9 Å². The second kappa shape index (κ2) is 11.6. The third-order valence-corrected chi connectivity index (χ3v) is 8.02. The van der Waals surface area contributed by atoms with Crippen LogP contribution in [-0.2, 0) is 33.4 Å². The summed E-state index contributed by atoms with van der Waals surface area (Å²) in [4.78, 5) is 19.7. The first-order valence-electron chi connectivity index (χ1n) is 11.2. The Labute approximate surface area is 213 Å². The van der Waals surface area contributed by atoms with Gasteiger partial charge in [-0.3, -0.25) is 4.79 Å². The number of nitrogens with zero attached hydrogens (tertiary/aromatic N) is 3. The molecule has 0 unspecified atom stereocenters. The van der Waals surface area contributed by atoms with Crippen LogP contribution in [0.3, 0.4) is 0 Å². The van der Waals surface area contributed by atoms with E-state index in [4.69, 9.17) is 4.74 Å². The minimum atomic E-state index is -3.87. The molecule has 4 aromatic rings. The molecule has 0 spiro atoms. The van der Waals surface area contributed by atoms with E-state index in [1.807, 2.05) is 41.8 Å². The van der Waals surface area contributed by atoms with Gasteiger partial charge in [-0.05, 0) is 34.7 Å². The highest BCUT2D eigenvalue weighted by molar-refractivity contribution is 7.90. The number of imidazole rings is 1. The van der Waals surface area contributed by atoms with Crippen molar-refractivity contribution >= 4 is 27.1 Å².